The summed E-state index contributed by atoms with van der Waals surface area (Å²) in [4.78, 5) is 17.3. The first kappa shape index (κ1) is 19.3. The zero-order valence-electron chi connectivity index (χ0n) is 14.7. The van der Waals surface area contributed by atoms with Gasteiger partial charge in [-0.05, 0) is 47.4 Å². The van der Waals surface area contributed by atoms with Gasteiger partial charge < -0.3 is 19.9 Å². The summed E-state index contributed by atoms with van der Waals surface area (Å²) in [6, 6.07) is 3.21. The molecule has 4 rings (SSSR count). The number of aliphatic hydroxyl groups excluding tert-OH is 1. The van der Waals surface area contributed by atoms with Crippen LogP contribution in [-0.2, 0) is 16.0 Å². The van der Waals surface area contributed by atoms with E-state index in [9.17, 15) is 9.90 Å². The van der Waals surface area contributed by atoms with Crippen LogP contribution >= 0.6 is 27.5 Å². The van der Waals surface area contributed by atoms with E-state index in [0.29, 0.717) is 40.0 Å². The van der Waals surface area contributed by atoms with Crippen molar-refractivity contribution in [3.63, 3.8) is 0 Å². The molecule has 0 aliphatic carbocycles. The van der Waals surface area contributed by atoms with E-state index < -0.39 is 11.9 Å². The van der Waals surface area contributed by atoms with Crippen LogP contribution in [0.2, 0.25) is 5.02 Å². The van der Waals surface area contributed by atoms with Crippen LogP contribution in [0.1, 0.15) is 19.3 Å². The SMILES string of the molecule is O=c1c2cc(Cl)c(Br)cc2ncn1CC1(C[C@H]2NCCC[C@@H]2O)OCCO1. The molecule has 0 bridgehead atoms. The van der Waals surface area contributed by atoms with Gasteiger partial charge >= 0.3 is 0 Å². The summed E-state index contributed by atoms with van der Waals surface area (Å²) >= 11 is 9.49. The first-order valence-corrected chi connectivity index (χ1v) is 10.2. The molecule has 2 saturated heterocycles. The Bertz CT molecular complexity index is 900. The summed E-state index contributed by atoms with van der Waals surface area (Å²) in [6.07, 6.45) is 3.20. The fourth-order valence-electron chi connectivity index (χ4n) is 3.78. The molecular formula is C18H21BrClN3O4. The number of ether oxygens (including phenoxy) is 2. The molecule has 2 aliphatic heterocycles. The molecule has 27 heavy (non-hydrogen) atoms. The van der Waals surface area contributed by atoms with E-state index in [1.165, 1.54) is 10.9 Å². The molecule has 9 heteroatoms. The quantitative estimate of drug-likeness (QED) is 0.729. The summed E-state index contributed by atoms with van der Waals surface area (Å²) in [7, 11) is 0. The summed E-state index contributed by atoms with van der Waals surface area (Å²) in [6.45, 7) is 1.96. The minimum atomic E-state index is -0.964. The van der Waals surface area contributed by atoms with Crippen molar-refractivity contribution in [1.82, 2.24) is 14.9 Å². The largest absolute Gasteiger partial charge is 0.392 e. The summed E-state index contributed by atoms with van der Waals surface area (Å²) < 4.78 is 14.0. The number of hydrogen-bond donors (Lipinski definition) is 2. The lowest BCUT2D eigenvalue weighted by Crippen LogP contribution is -2.51. The monoisotopic (exact) mass is 457 g/mol. The number of hydrogen-bond acceptors (Lipinski definition) is 6. The lowest BCUT2D eigenvalue weighted by molar-refractivity contribution is -0.182. The zero-order chi connectivity index (χ0) is 19.0. The highest BCUT2D eigenvalue weighted by Gasteiger charge is 2.42. The van der Waals surface area contributed by atoms with E-state index in [4.69, 9.17) is 21.1 Å². The normalized spacial score (nSPS) is 25.1. The Balaban J connectivity index is 1.64. The first-order chi connectivity index (χ1) is 13.0. The summed E-state index contributed by atoms with van der Waals surface area (Å²) in [5.74, 6) is -0.964. The molecule has 0 spiro atoms. The average molecular weight is 459 g/mol. The van der Waals surface area contributed by atoms with Crippen molar-refractivity contribution in [3.05, 3.63) is 38.3 Å². The van der Waals surface area contributed by atoms with Crippen LogP contribution in [-0.4, -0.2) is 52.3 Å². The second-order valence-corrected chi connectivity index (χ2v) is 8.30. The van der Waals surface area contributed by atoms with Crippen LogP contribution in [0.3, 0.4) is 0 Å². The Morgan fingerprint density at radius 1 is 1.41 bits per heavy atom. The fourth-order valence-corrected chi connectivity index (χ4v) is 4.27. The second kappa shape index (κ2) is 7.77. The Kier molecular flexibility index (Phi) is 5.55. The van der Waals surface area contributed by atoms with Gasteiger partial charge in [0.1, 0.15) is 0 Å². The van der Waals surface area contributed by atoms with Crippen LogP contribution in [0, 0.1) is 0 Å². The smallest absolute Gasteiger partial charge is 0.261 e. The highest BCUT2D eigenvalue weighted by molar-refractivity contribution is 9.10. The maximum Gasteiger partial charge on any atom is 0.261 e. The van der Waals surface area contributed by atoms with Gasteiger partial charge in [-0.2, -0.15) is 0 Å². The lowest BCUT2D eigenvalue weighted by Gasteiger charge is -2.36. The number of nitrogens with one attached hydrogen (secondary N) is 1. The number of piperidine rings is 1. The van der Waals surface area contributed by atoms with E-state index in [1.807, 2.05) is 0 Å². The molecule has 1 aromatic carbocycles. The van der Waals surface area contributed by atoms with E-state index in [1.54, 1.807) is 12.1 Å². The topological polar surface area (TPSA) is 85.6 Å². The third-order valence-electron chi connectivity index (χ3n) is 5.17. The molecule has 0 amide bonds. The van der Waals surface area contributed by atoms with Gasteiger partial charge in [0.2, 0.25) is 0 Å². The molecule has 2 aliphatic rings. The number of aromatic nitrogens is 2. The van der Waals surface area contributed by atoms with E-state index >= 15 is 0 Å². The predicted molar refractivity (Wildman–Crippen MR) is 105 cm³/mol. The fraction of sp³-hybridized carbons (Fsp3) is 0.556. The highest BCUT2D eigenvalue weighted by atomic mass is 79.9. The summed E-state index contributed by atoms with van der Waals surface area (Å²) in [5.41, 5.74) is 0.365. The van der Waals surface area contributed by atoms with Crippen molar-refractivity contribution >= 4 is 38.4 Å². The molecule has 7 nitrogen and oxygen atoms in total. The lowest BCUT2D eigenvalue weighted by atomic mass is 9.94. The molecule has 146 valence electrons. The maximum atomic E-state index is 13.0. The van der Waals surface area contributed by atoms with Gasteiger partial charge in [0.25, 0.3) is 5.56 Å². The third-order valence-corrected chi connectivity index (χ3v) is 6.37. The average Bonchev–Trinajstić information content (AvgIpc) is 3.10. The van der Waals surface area contributed by atoms with Gasteiger partial charge in [0.05, 0.1) is 48.1 Å². The van der Waals surface area contributed by atoms with Crippen molar-refractivity contribution in [1.29, 1.82) is 0 Å². The second-order valence-electron chi connectivity index (χ2n) is 7.04. The summed E-state index contributed by atoms with van der Waals surface area (Å²) in [5, 5.41) is 14.5. The Labute approximate surface area is 169 Å². The molecule has 0 radical (unpaired) electrons. The zero-order valence-corrected chi connectivity index (χ0v) is 17.0. The number of fused-ring (bicyclic) bond motifs is 1. The molecule has 2 aromatic rings. The number of rotatable bonds is 4. The van der Waals surface area contributed by atoms with Crippen molar-refractivity contribution in [3.8, 4) is 0 Å². The van der Waals surface area contributed by atoms with Gasteiger partial charge in [0, 0.05) is 16.9 Å². The van der Waals surface area contributed by atoms with Gasteiger partial charge in [-0.1, -0.05) is 11.6 Å². The van der Waals surface area contributed by atoms with Crippen LogP contribution in [0.15, 0.2) is 27.7 Å². The van der Waals surface area contributed by atoms with Crippen LogP contribution < -0.4 is 10.9 Å². The number of aliphatic hydroxyl groups is 1. The van der Waals surface area contributed by atoms with Crippen LogP contribution in [0.5, 0.6) is 0 Å². The molecule has 2 atom stereocenters. The third kappa shape index (κ3) is 3.92. The molecule has 0 saturated carbocycles. The minimum absolute atomic E-state index is 0.133. The van der Waals surface area contributed by atoms with Gasteiger partial charge in [-0.3, -0.25) is 9.36 Å². The molecular weight excluding hydrogens is 438 g/mol. The first-order valence-electron chi connectivity index (χ1n) is 9.01. The Hall–Kier alpha value is -1.03. The molecule has 2 N–H and O–H groups in total. The van der Waals surface area contributed by atoms with E-state index in [0.717, 1.165) is 19.4 Å². The Morgan fingerprint density at radius 3 is 2.93 bits per heavy atom. The van der Waals surface area contributed by atoms with Crippen molar-refractivity contribution < 1.29 is 14.6 Å². The van der Waals surface area contributed by atoms with Crippen molar-refractivity contribution in [2.75, 3.05) is 19.8 Å². The van der Waals surface area contributed by atoms with Gasteiger partial charge in [0.15, 0.2) is 5.79 Å². The van der Waals surface area contributed by atoms with E-state index in [-0.39, 0.29) is 18.1 Å². The molecule has 0 unspecified atom stereocenters. The van der Waals surface area contributed by atoms with Gasteiger partial charge in [-0.15, -0.1) is 0 Å². The minimum Gasteiger partial charge on any atom is -0.392 e. The van der Waals surface area contributed by atoms with E-state index in [2.05, 4.69) is 26.2 Å². The standard InChI is InChI=1S/C18H21BrClN3O4/c19-12-7-14-11(6-13(12)20)17(25)23(10-22-14)9-18(26-4-5-27-18)8-15-16(24)2-1-3-21-15/h6-7,10,15-16,21,24H,1-5,8-9H2/t15-,16+/m1/s1. The number of halogens is 2. The molecule has 3 heterocycles. The molecule has 1 aromatic heterocycles. The van der Waals surface area contributed by atoms with Gasteiger partial charge in [-0.25, -0.2) is 4.98 Å². The van der Waals surface area contributed by atoms with Crippen molar-refractivity contribution in [2.24, 2.45) is 0 Å². The molecule has 2 fully saturated rings. The predicted octanol–water partition coefficient (Wildman–Crippen LogP) is 2.06. The highest BCUT2D eigenvalue weighted by Crippen LogP contribution is 2.30. The van der Waals surface area contributed by atoms with Crippen LogP contribution in [0.4, 0.5) is 0 Å². The number of benzene rings is 1. The van der Waals surface area contributed by atoms with Crippen LogP contribution in [0.25, 0.3) is 10.9 Å². The Morgan fingerprint density at radius 2 is 2.19 bits per heavy atom. The number of nitrogens with zero attached hydrogens (tertiary/aromatic N) is 2. The maximum absolute atomic E-state index is 13.0. The van der Waals surface area contributed by atoms with Crippen molar-refractivity contribution in [2.45, 2.75) is 43.7 Å².